The number of carboxylic acids is 1. The first-order chi connectivity index (χ1) is 16.9. The highest BCUT2D eigenvalue weighted by atomic mass is 16.6. The molecule has 0 radical (unpaired) electrons. The summed E-state index contributed by atoms with van der Waals surface area (Å²) in [5.41, 5.74) is 0.121. The van der Waals surface area contributed by atoms with Crippen LogP contribution in [-0.2, 0) is 33.4 Å². The van der Waals surface area contributed by atoms with E-state index in [0.29, 0.717) is 6.42 Å². The number of ether oxygens (including phenoxy) is 3. The first-order valence-electron chi connectivity index (χ1n) is 12.7. The van der Waals surface area contributed by atoms with E-state index in [1.165, 1.54) is 13.0 Å². The van der Waals surface area contributed by atoms with Crippen LogP contribution in [0, 0.1) is 22.7 Å². The van der Waals surface area contributed by atoms with Gasteiger partial charge < -0.3 is 19.3 Å². The quantitative estimate of drug-likeness (QED) is 0.149. The molecule has 2 fully saturated rings. The molecule has 2 saturated carbocycles. The maximum atomic E-state index is 12.2. The van der Waals surface area contributed by atoms with Gasteiger partial charge in [-0.2, -0.15) is 0 Å². The molecule has 2 aliphatic carbocycles. The van der Waals surface area contributed by atoms with Crippen LogP contribution in [0.15, 0.2) is 36.0 Å². The lowest BCUT2D eigenvalue weighted by Gasteiger charge is -2.59. The second kappa shape index (κ2) is 12.4. The van der Waals surface area contributed by atoms with Crippen LogP contribution in [0.25, 0.3) is 0 Å². The maximum absolute atomic E-state index is 12.2. The number of hydrogen-bond acceptors (Lipinski definition) is 7. The lowest BCUT2D eigenvalue weighted by molar-refractivity contribution is -0.191. The van der Waals surface area contributed by atoms with Crippen molar-refractivity contribution in [2.75, 3.05) is 13.2 Å². The van der Waals surface area contributed by atoms with Crippen LogP contribution < -0.4 is 0 Å². The summed E-state index contributed by atoms with van der Waals surface area (Å²) in [7, 11) is 0. The third kappa shape index (κ3) is 6.65. The van der Waals surface area contributed by atoms with Gasteiger partial charge in [0, 0.05) is 31.1 Å². The molecule has 0 bridgehead atoms. The molecule has 36 heavy (non-hydrogen) atoms. The Labute approximate surface area is 213 Å². The van der Waals surface area contributed by atoms with E-state index in [1.54, 1.807) is 19.9 Å². The van der Waals surface area contributed by atoms with Gasteiger partial charge in [-0.05, 0) is 43.1 Å². The Morgan fingerprint density at radius 2 is 1.75 bits per heavy atom. The van der Waals surface area contributed by atoms with E-state index in [2.05, 4.69) is 13.5 Å². The van der Waals surface area contributed by atoms with Crippen LogP contribution in [0.3, 0.4) is 0 Å². The molecule has 0 aliphatic heterocycles. The molecule has 8 nitrogen and oxygen atoms in total. The van der Waals surface area contributed by atoms with Crippen LogP contribution in [0.5, 0.6) is 0 Å². The van der Waals surface area contributed by atoms with Crippen molar-refractivity contribution in [3.63, 3.8) is 0 Å². The van der Waals surface area contributed by atoms with Gasteiger partial charge in [0.1, 0.15) is 19.3 Å². The molecule has 1 unspecified atom stereocenters. The smallest absolute Gasteiger partial charge is 0.335 e. The van der Waals surface area contributed by atoms with Crippen molar-refractivity contribution in [1.82, 2.24) is 0 Å². The summed E-state index contributed by atoms with van der Waals surface area (Å²) in [5.74, 6) is -2.28. The number of allylic oxidation sites excluding steroid dienone is 2. The van der Waals surface area contributed by atoms with E-state index in [9.17, 15) is 24.3 Å². The topological polar surface area (TPSA) is 116 Å². The molecule has 0 aromatic rings. The van der Waals surface area contributed by atoms with Crippen molar-refractivity contribution in [2.24, 2.45) is 22.7 Å². The Morgan fingerprint density at radius 3 is 2.33 bits per heavy atom. The SMILES string of the molecule is C=C1CCC2[C@](C)(COC(=O)CC)[C@H](OC(=O)CC)CC[C@@]2(C)[C@@H]1/C=C/C(=C\COC(C)=O)C(=O)O. The van der Waals surface area contributed by atoms with E-state index in [4.69, 9.17) is 14.2 Å². The number of fused-ring (bicyclic) bond motifs is 1. The van der Waals surface area contributed by atoms with Crippen LogP contribution in [0.4, 0.5) is 0 Å². The molecule has 5 atom stereocenters. The molecule has 2 aliphatic rings. The predicted molar refractivity (Wildman–Crippen MR) is 134 cm³/mol. The molecular formula is C28H40O8. The monoisotopic (exact) mass is 504 g/mol. The minimum atomic E-state index is -1.12. The Bertz CT molecular complexity index is 932. The van der Waals surface area contributed by atoms with E-state index < -0.39 is 17.4 Å². The molecule has 2 rings (SSSR count). The fourth-order valence-corrected chi connectivity index (χ4v) is 5.91. The highest BCUT2D eigenvalue weighted by molar-refractivity contribution is 5.89. The van der Waals surface area contributed by atoms with Crippen LogP contribution in [0.2, 0.25) is 0 Å². The van der Waals surface area contributed by atoms with Crippen molar-refractivity contribution >= 4 is 23.9 Å². The minimum Gasteiger partial charge on any atom is -0.478 e. The molecule has 0 spiro atoms. The lowest BCUT2D eigenvalue weighted by Crippen LogP contribution is -2.58. The van der Waals surface area contributed by atoms with Gasteiger partial charge in [-0.1, -0.05) is 52.0 Å². The first-order valence-corrected chi connectivity index (χ1v) is 12.7. The summed E-state index contributed by atoms with van der Waals surface area (Å²) < 4.78 is 16.4. The van der Waals surface area contributed by atoms with Crippen molar-refractivity contribution < 1.29 is 38.5 Å². The second-order valence-corrected chi connectivity index (χ2v) is 10.3. The summed E-state index contributed by atoms with van der Waals surface area (Å²) in [6.45, 7) is 13.3. The van der Waals surface area contributed by atoms with Gasteiger partial charge in [-0.15, -0.1) is 0 Å². The predicted octanol–water partition coefficient (Wildman–Crippen LogP) is 4.78. The number of carbonyl (C=O) groups is 4. The summed E-state index contributed by atoms with van der Waals surface area (Å²) in [6.07, 6.45) is 7.79. The van der Waals surface area contributed by atoms with Crippen molar-refractivity contribution in [3.05, 3.63) is 36.0 Å². The highest BCUT2D eigenvalue weighted by Crippen LogP contribution is 2.62. The summed E-state index contributed by atoms with van der Waals surface area (Å²) in [5, 5.41) is 9.62. The molecule has 0 aromatic carbocycles. The molecule has 8 heteroatoms. The first kappa shape index (κ1) is 29.3. The van der Waals surface area contributed by atoms with Crippen LogP contribution >= 0.6 is 0 Å². The zero-order chi connectivity index (χ0) is 27.1. The van der Waals surface area contributed by atoms with Crippen molar-refractivity contribution in [1.29, 1.82) is 0 Å². The summed E-state index contributed by atoms with van der Waals surface area (Å²) in [6, 6.07) is 0. The fourth-order valence-electron chi connectivity index (χ4n) is 5.91. The van der Waals surface area contributed by atoms with E-state index in [0.717, 1.165) is 24.8 Å². The maximum Gasteiger partial charge on any atom is 0.335 e. The van der Waals surface area contributed by atoms with Crippen LogP contribution in [0.1, 0.15) is 73.1 Å². The number of aliphatic carboxylic acids is 1. The van der Waals surface area contributed by atoms with E-state index in [-0.39, 0.29) is 66.9 Å². The van der Waals surface area contributed by atoms with Gasteiger partial charge in [0.05, 0.1) is 5.57 Å². The van der Waals surface area contributed by atoms with E-state index in [1.807, 2.05) is 13.0 Å². The van der Waals surface area contributed by atoms with Gasteiger partial charge in [-0.3, -0.25) is 14.4 Å². The zero-order valence-electron chi connectivity index (χ0n) is 22.1. The number of carboxylic acid groups (broad SMARTS) is 1. The highest BCUT2D eigenvalue weighted by Gasteiger charge is 2.59. The third-order valence-corrected chi connectivity index (χ3v) is 7.88. The third-order valence-electron chi connectivity index (χ3n) is 7.88. The van der Waals surface area contributed by atoms with Crippen molar-refractivity contribution in [2.45, 2.75) is 79.2 Å². The standard InChI is InChI=1S/C28H40O8/c1-7-24(30)35-17-28(6)22-12-9-18(3)21(11-10-20(26(32)33)14-16-34-19(4)29)27(22,5)15-13-23(28)36-25(31)8-2/h10-11,14,21-23H,3,7-9,12-13,15-17H2,1-2,4-6H3,(H,32,33)/b11-10+,20-14+/t21-,22?,23-,27+,28+/m1/s1. The number of carbonyl (C=O) groups excluding carboxylic acids is 3. The number of hydrogen-bond donors (Lipinski definition) is 1. The second-order valence-electron chi connectivity index (χ2n) is 10.3. The fraction of sp³-hybridized carbons (Fsp3) is 0.643. The average molecular weight is 505 g/mol. The van der Waals surface area contributed by atoms with Gasteiger partial charge in [0.2, 0.25) is 0 Å². The molecule has 0 heterocycles. The van der Waals surface area contributed by atoms with Gasteiger partial charge in [0.25, 0.3) is 0 Å². The molecular weight excluding hydrogens is 464 g/mol. The van der Waals surface area contributed by atoms with Crippen molar-refractivity contribution in [3.8, 4) is 0 Å². The molecule has 0 amide bonds. The van der Waals surface area contributed by atoms with Gasteiger partial charge >= 0.3 is 23.9 Å². The van der Waals surface area contributed by atoms with E-state index >= 15 is 0 Å². The Hall–Kier alpha value is -2.90. The molecule has 200 valence electrons. The Balaban J connectivity index is 2.42. The zero-order valence-corrected chi connectivity index (χ0v) is 22.1. The number of esters is 3. The molecule has 1 N–H and O–H groups in total. The number of rotatable bonds is 10. The Kier molecular flexibility index (Phi) is 10.1. The molecule has 0 aromatic heterocycles. The largest absolute Gasteiger partial charge is 0.478 e. The lowest BCUT2D eigenvalue weighted by atomic mass is 9.46. The Morgan fingerprint density at radius 1 is 1.08 bits per heavy atom. The van der Waals surface area contributed by atoms with Gasteiger partial charge in [0.15, 0.2) is 0 Å². The van der Waals surface area contributed by atoms with Crippen LogP contribution in [-0.4, -0.2) is 48.3 Å². The molecule has 0 saturated heterocycles. The van der Waals surface area contributed by atoms with Gasteiger partial charge in [-0.25, -0.2) is 4.79 Å². The summed E-state index contributed by atoms with van der Waals surface area (Å²) >= 11 is 0. The normalized spacial score (nSPS) is 30.4. The minimum absolute atomic E-state index is 0.0278. The average Bonchev–Trinajstić information content (AvgIpc) is 2.82. The summed E-state index contributed by atoms with van der Waals surface area (Å²) in [4.78, 5) is 47.1.